The monoisotopic (exact) mass is 289 g/mol. The number of ether oxygens (including phenoxy) is 1. The first-order valence-corrected chi connectivity index (χ1v) is 8.33. The molecule has 116 valence electrons. The topological polar surface area (TPSA) is 32.7 Å². The van der Waals surface area contributed by atoms with Crippen LogP contribution in [0.1, 0.15) is 56.3 Å². The summed E-state index contributed by atoms with van der Waals surface area (Å²) in [7, 11) is 0. The van der Waals surface area contributed by atoms with Gasteiger partial charge >= 0.3 is 0 Å². The predicted molar refractivity (Wildman–Crippen MR) is 84.4 cm³/mol. The number of fused-ring (bicyclic) bond motifs is 1. The number of hydrogen-bond donors (Lipinski definition) is 1. The summed E-state index contributed by atoms with van der Waals surface area (Å²) in [5, 5.41) is 10.8. The Morgan fingerprint density at radius 2 is 2.05 bits per heavy atom. The first-order valence-electron chi connectivity index (χ1n) is 8.33. The third-order valence-electron chi connectivity index (χ3n) is 5.09. The van der Waals surface area contributed by atoms with E-state index in [1.54, 1.807) is 0 Å². The largest absolute Gasteiger partial charge is 0.387 e. The van der Waals surface area contributed by atoms with Crippen LogP contribution in [0.25, 0.3) is 0 Å². The summed E-state index contributed by atoms with van der Waals surface area (Å²) < 4.78 is 5.81. The van der Waals surface area contributed by atoms with Crippen LogP contribution in [-0.4, -0.2) is 41.8 Å². The Morgan fingerprint density at radius 1 is 1.29 bits per heavy atom. The molecule has 0 spiro atoms. The number of benzene rings is 1. The van der Waals surface area contributed by atoms with Crippen molar-refractivity contribution in [1.82, 2.24) is 4.90 Å². The van der Waals surface area contributed by atoms with Gasteiger partial charge < -0.3 is 9.84 Å². The van der Waals surface area contributed by atoms with Crippen molar-refractivity contribution in [3.8, 4) is 0 Å². The van der Waals surface area contributed by atoms with E-state index in [-0.39, 0.29) is 12.1 Å². The van der Waals surface area contributed by atoms with Crippen molar-refractivity contribution in [2.45, 2.75) is 57.3 Å². The molecule has 0 bridgehead atoms. The molecule has 1 heterocycles. The third kappa shape index (κ3) is 3.01. The molecule has 1 aliphatic heterocycles. The number of aliphatic hydroxyl groups excluding tert-OH is 1. The average molecular weight is 289 g/mol. The lowest BCUT2D eigenvalue weighted by molar-refractivity contribution is -0.0400. The van der Waals surface area contributed by atoms with E-state index in [1.165, 1.54) is 12.0 Å². The van der Waals surface area contributed by atoms with Crippen LogP contribution in [0.3, 0.4) is 0 Å². The van der Waals surface area contributed by atoms with E-state index >= 15 is 0 Å². The summed E-state index contributed by atoms with van der Waals surface area (Å²) in [6.45, 7) is 7.17. The molecule has 0 aromatic heterocycles. The summed E-state index contributed by atoms with van der Waals surface area (Å²) in [5.41, 5.74) is 2.44. The number of nitrogens with zero attached hydrogens (tertiary/aromatic N) is 1. The second-order valence-corrected chi connectivity index (χ2v) is 6.49. The van der Waals surface area contributed by atoms with E-state index < -0.39 is 0 Å². The molecule has 1 fully saturated rings. The summed E-state index contributed by atoms with van der Waals surface area (Å²) in [6, 6.07) is 8.61. The second kappa shape index (κ2) is 6.47. The van der Waals surface area contributed by atoms with Gasteiger partial charge in [-0.2, -0.15) is 0 Å². The first kappa shape index (κ1) is 15.0. The van der Waals surface area contributed by atoms with Gasteiger partial charge in [-0.3, -0.25) is 4.90 Å². The zero-order valence-corrected chi connectivity index (χ0v) is 13.2. The number of hydrogen-bond acceptors (Lipinski definition) is 3. The molecule has 3 rings (SSSR count). The van der Waals surface area contributed by atoms with E-state index in [2.05, 4.69) is 36.9 Å². The Balaban J connectivity index is 1.77. The number of likely N-dealkylation sites (tertiary alicyclic amines) is 1. The molecular formula is C18H27NO2. The van der Waals surface area contributed by atoms with Gasteiger partial charge in [0.05, 0.1) is 12.2 Å². The van der Waals surface area contributed by atoms with E-state index in [0.717, 1.165) is 38.1 Å². The van der Waals surface area contributed by atoms with Crippen molar-refractivity contribution in [2.24, 2.45) is 0 Å². The molecule has 1 aromatic carbocycles. The van der Waals surface area contributed by atoms with Crippen LogP contribution in [-0.2, 0) is 4.74 Å². The molecule has 2 aliphatic rings. The van der Waals surface area contributed by atoms with Crippen LogP contribution in [0.5, 0.6) is 0 Å². The van der Waals surface area contributed by atoms with Gasteiger partial charge in [0.25, 0.3) is 0 Å². The zero-order valence-electron chi connectivity index (χ0n) is 13.2. The summed E-state index contributed by atoms with van der Waals surface area (Å²) >= 11 is 0. The Morgan fingerprint density at radius 3 is 2.81 bits per heavy atom. The van der Waals surface area contributed by atoms with Crippen molar-refractivity contribution in [2.75, 3.05) is 19.7 Å². The number of aliphatic hydroxyl groups is 1. The molecule has 0 amide bonds. The standard InChI is InChI=1S/C18H27NO2/c1-3-21-14-7-6-10-19(12-14)17-11-13(2)15-8-4-5-9-16(15)18(17)20/h4-5,8-9,13-14,17-18,20H,3,6-7,10-12H2,1-2H3. The van der Waals surface area contributed by atoms with Gasteiger partial charge in [-0.25, -0.2) is 0 Å². The molecule has 21 heavy (non-hydrogen) atoms. The second-order valence-electron chi connectivity index (χ2n) is 6.49. The van der Waals surface area contributed by atoms with Crippen LogP contribution in [0.4, 0.5) is 0 Å². The molecule has 0 radical (unpaired) electrons. The minimum absolute atomic E-state index is 0.234. The van der Waals surface area contributed by atoms with Crippen LogP contribution in [0.2, 0.25) is 0 Å². The Labute approximate surface area is 127 Å². The molecule has 1 N–H and O–H groups in total. The Bertz CT molecular complexity index is 474. The maximum atomic E-state index is 10.8. The molecule has 0 saturated carbocycles. The van der Waals surface area contributed by atoms with Crippen molar-refractivity contribution < 1.29 is 9.84 Å². The van der Waals surface area contributed by atoms with Crippen molar-refractivity contribution >= 4 is 0 Å². The quantitative estimate of drug-likeness (QED) is 0.928. The normalized spacial score (nSPS) is 33.7. The van der Waals surface area contributed by atoms with Gasteiger partial charge in [0.15, 0.2) is 0 Å². The third-order valence-corrected chi connectivity index (χ3v) is 5.09. The molecule has 4 atom stereocenters. The zero-order chi connectivity index (χ0) is 14.8. The van der Waals surface area contributed by atoms with Gasteiger partial charge in [-0.1, -0.05) is 31.2 Å². The van der Waals surface area contributed by atoms with Crippen LogP contribution in [0.15, 0.2) is 24.3 Å². The van der Waals surface area contributed by atoms with Crippen LogP contribution in [0, 0.1) is 0 Å². The maximum Gasteiger partial charge on any atom is 0.0948 e. The highest BCUT2D eigenvalue weighted by Crippen LogP contribution is 2.40. The Hall–Kier alpha value is -0.900. The van der Waals surface area contributed by atoms with Gasteiger partial charge in [-0.15, -0.1) is 0 Å². The van der Waals surface area contributed by atoms with Crippen molar-refractivity contribution in [1.29, 1.82) is 0 Å². The molecule has 1 aliphatic carbocycles. The molecule has 1 aromatic rings. The van der Waals surface area contributed by atoms with Crippen LogP contribution < -0.4 is 0 Å². The predicted octanol–water partition coefficient (Wildman–Crippen LogP) is 3.10. The van der Waals surface area contributed by atoms with Gasteiger partial charge in [0, 0.05) is 19.2 Å². The average Bonchev–Trinajstić information content (AvgIpc) is 2.51. The van der Waals surface area contributed by atoms with E-state index in [9.17, 15) is 5.11 Å². The summed E-state index contributed by atoms with van der Waals surface area (Å²) in [4.78, 5) is 2.46. The van der Waals surface area contributed by atoms with Gasteiger partial charge in [0.2, 0.25) is 0 Å². The highest BCUT2D eigenvalue weighted by molar-refractivity contribution is 5.35. The first-order chi connectivity index (χ1) is 10.2. The molecule has 3 nitrogen and oxygen atoms in total. The minimum Gasteiger partial charge on any atom is -0.387 e. The van der Waals surface area contributed by atoms with Crippen molar-refractivity contribution in [3.05, 3.63) is 35.4 Å². The Kier molecular flexibility index (Phi) is 4.63. The highest BCUT2D eigenvalue weighted by atomic mass is 16.5. The lowest BCUT2D eigenvalue weighted by Crippen LogP contribution is -2.49. The fourth-order valence-electron chi connectivity index (χ4n) is 4.04. The lowest BCUT2D eigenvalue weighted by atomic mass is 9.78. The van der Waals surface area contributed by atoms with E-state index in [0.29, 0.717) is 12.0 Å². The molecular weight excluding hydrogens is 262 g/mol. The smallest absolute Gasteiger partial charge is 0.0948 e. The van der Waals surface area contributed by atoms with E-state index in [4.69, 9.17) is 4.74 Å². The summed E-state index contributed by atoms with van der Waals surface area (Å²) in [6.07, 6.45) is 3.33. The lowest BCUT2D eigenvalue weighted by Gasteiger charge is -2.44. The molecule has 4 unspecified atom stereocenters. The van der Waals surface area contributed by atoms with Crippen molar-refractivity contribution in [3.63, 3.8) is 0 Å². The summed E-state index contributed by atoms with van der Waals surface area (Å²) in [5.74, 6) is 0.516. The number of rotatable bonds is 3. The fourth-order valence-corrected chi connectivity index (χ4v) is 4.04. The highest BCUT2D eigenvalue weighted by Gasteiger charge is 2.37. The molecule has 1 saturated heterocycles. The SMILES string of the molecule is CCOC1CCCN(C2CC(C)c3ccccc3C2O)C1. The van der Waals surface area contributed by atoms with Gasteiger partial charge in [-0.05, 0) is 49.8 Å². The van der Waals surface area contributed by atoms with Gasteiger partial charge in [0.1, 0.15) is 0 Å². The fraction of sp³-hybridized carbons (Fsp3) is 0.667. The number of piperidine rings is 1. The minimum atomic E-state index is -0.363. The van der Waals surface area contributed by atoms with Crippen LogP contribution >= 0.6 is 0 Å². The maximum absolute atomic E-state index is 10.8. The van der Waals surface area contributed by atoms with E-state index in [1.807, 2.05) is 6.07 Å². The molecule has 3 heteroatoms.